The maximum absolute atomic E-state index is 13.1. The minimum Gasteiger partial charge on any atom is -0.461 e. The van der Waals surface area contributed by atoms with Crippen LogP contribution < -0.4 is 0 Å². The number of thiazole rings is 1. The highest BCUT2D eigenvalue weighted by atomic mass is 32.1. The van der Waals surface area contributed by atoms with Crippen LogP contribution in [0.2, 0.25) is 0 Å². The summed E-state index contributed by atoms with van der Waals surface area (Å²) in [6, 6.07) is 5.41. The zero-order chi connectivity index (χ0) is 29.9. The van der Waals surface area contributed by atoms with Crippen molar-refractivity contribution in [2.24, 2.45) is 5.92 Å². The summed E-state index contributed by atoms with van der Waals surface area (Å²) in [5, 5.41) is 13.5. The number of amides is 1. The van der Waals surface area contributed by atoms with Crippen LogP contribution in [0.15, 0.2) is 29.6 Å². The first-order valence-corrected chi connectivity index (χ1v) is 13.8. The van der Waals surface area contributed by atoms with E-state index in [1.54, 1.807) is 39.8 Å². The Balaban J connectivity index is 2.02. The highest BCUT2D eigenvalue weighted by Crippen LogP contribution is 2.23. The van der Waals surface area contributed by atoms with Crippen LogP contribution in [0.5, 0.6) is 0 Å². The van der Waals surface area contributed by atoms with E-state index in [-0.39, 0.29) is 54.3 Å². The molecule has 13 heteroatoms. The second kappa shape index (κ2) is 15.4. The second-order valence-electron chi connectivity index (χ2n) is 10.2. The standard InChI is InChI=1S/C27H37N3O9S/c1-7-37-25(32)21-17-40-24(28-21)23(31)15-22(18(2)3)29(26(33)39-27(4,5)6)38-14-8-13-36-16-19-9-11-20(12-10-19)30(34)35/h9-12,17-18,22H,7-8,13-16H2,1-6H3. The van der Waals surface area contributed by atoms with Crippen molar-refractivity contribution in [2.75, 3.05) is 19.8 Å². The van der Waals surface area contributed by atoms with Gasteiger partial charge < -0.3 is 14.2 Å². The number of rotatable bonds is 15. The number of Topliss-reactive ketones (excluding diaryl/α,β-unsaturated/α-hetero) is 1. The zero-order valence-corrected chi connectivity index (χ0v) is 24.5. The van der Waals surface area contributed by atoms with Gasteiger partial charge in [-0.05, 0) is 57.7 Å². The Bertz CT molecular complexity index is 1140. The zero-order valence-electron chi connectivity index (χ0n) is 23.7. The van der Waals surface area contributed by atoms with E-state index in [0.717, 1.165) is 22.0 Å². The molecule has 1 aromatic heterocycles. The lowest BCUT2D eigenvalue weighted by Crippen LogP contribution is -2.47. The lowest BCUT2D eigenvalue weighted by molar-refractivity contribution is -0.384. The maximum Gasteiger partial charge on any atom is 0.434 e. The van der Waals surface area contributed by atoms with Crippen molar-refractivity contribution in [1.29, 1.82) is 0 Å². The summed E-state index contributed by atoms with van der Waals surface area (Å²) >= 11 is 1.04. The van der Waals surface area contributed by atoms with Gasteiger partial charge in [-0.15, -0.1) is 11.3 Å². The van der Waals surface area contributed by atoms with Crippen molar-refractivity contribution >= 4 is 34.9 Å². The van der Waals surface area contributed by atoms with Gasteiger partial charge in [-0.25, -0.2) is 14.6 Å². The summed E-state index contributed by atoms with van der Waals surface area (Å²) in [6.07, 6.45) is -0.388. The molecule has 220 valence electrons. The van der Waals surface area contributed by atoms with Gasteiger partial charge in [-0.1, -0.05) is 13.8 Å². The lowest BCUT2D eigenvalue weighted by Gasteiger charge is -2.34. The fourth-order valence-electron chi connectivity index (χ4n) is 3.39. The van der Waals surface area contributed by atoms with Crippen molar-refractivity contribution in [3.63, 3.8) is 0 Å². The van der Waals surface area contributed by atoms with Crippen LogP contribution in [0.25, 0.3) is 0 Å². The fraction of sp³-hybridized carbons (Fsp3) is 0.556. The normalized spacial score (nSPS) is 12.2. The summed E-state index contributed by atoms with van der Waals surface area (Å²) in [7, 11) is 0. The lowest BCUT2D eigenvalue weighted by atomic mass is 9.98. The predicted octanol–water partition coefficient (Wildman–Crippen LogP) is 5.60. The monoisotopic (exact) mass is 579 g/mol. The first kappa shape index (κ1) is 32.8. The molecule has 1 amide bonds. The number of hydroxylamine groups is 2. The molecule has 2 rings (SSSR count). The van der Waals surface area contributed by atoms with Gasteiger partial charge in [-0.3, -0.25) is 19.7 Å². The van der Waals surface area contributed by atoms with Gasteiger partial charge in [0.25, 0.3) is 5.69 Å². The summed E-state index contributed by atoms with van der Waals surface area (Å²) in [5.74, 6) is -1.13. The molecule has 0 radical (unpaired) electrons. The van der Waals surface area contributed by atoms with Gasteiger partial charge in [0, 0.05) is 30.5 Å². The summed E-state index contributed by atoms with van der Waals surface area (Å²) in [4.78, 5) is 58.4. The number of nitro groups is 1. The molecule has 0 N–H and O–H groups in total. The molecule has 2 aromatic rings. The van der Waals surface area contributed by atoms with Gasteiger partial charge >= 0.3 is 12.1 Å². The SMILES string of the molecule is CCOC(=O)c1csc(C(=O)CC(C(C)C)N(OCCCOCc2ccc([N+](=O)[O-])cc2)C(=O)OC(C)(C)C)n1. The summed E-state index contributed by atoms with van der Waals surface area (Å²) < 4.78 is 16.1. The number of hydrogen-bond acceptors (Lipinski definition) is 11. The van der Waals surface area contributed by atoms with Crippen LogP contribution in [-0.4, -0.2) is 64.3 Å². The number of nitro benzene ring substituents is 1. The Kier molecular flexibility index (Phi) is 12.6. The Morgan fingerprint density at radius 1 is 1.12 bits per heavy atom. The molecule has 1 aromatic carbocycles. The van der Waals surface area contributed by atoms with Crippen LogP contribution >= 0.6 is 11.3 Å². The average molecular weight is 580 g/mol. The number of nitrogens with zero attached hydrogens (tertiary/aromatic N) is 3. The molecule has 1 unspecified atom stereocenters. The number of carbonyl (C=O) groups excluding carboxylic acids is 3. The molecule has 0 spiro atoms. The molecular formula is C27H37N3O9S. The number of esters is 1. The first-order chi connectivity index (χ1) is 18.8. The number of ketones is 1. The van der Waals surface area contributed by atoms with Gasteiger partial charge in [0.1, 0.15) is 5.60 Å². The van der Waals surface area contributed by atoms with E-state index >= 15 is 0 Å². The second-order valence-corrected chi connectivity index (χ2v) is 11.0. The van der Waals surface area contributed by atoms with Crippen molar-refractivity contribution < 1.29 is 38.4 Å². The number of non-ortho nitro benzene ring substituents is 1. The third kappa shape index (κ3) is 10.6. The number of aromatic nitrogens is 1. The molecule has 0 aliphatic rings. The van der Waals surface area contributed by atoms with E-state index in [9.17, 15) is 24.5 Å². The number of benzene rings is 1. The Morgan fingerprint density at radius 3 is 2.38 bits per heavy atom. The topological polar surface area (TPSA) is 147 Å². The van der Waals surface area contributed by atoms with Crippen molar-refractivity contribution in [1.82, 2.24) is 10.0 Å². The molecule has 0 saturated carbocycles. The maximum atomic E-state index is 13.1. The molecule has 0 aliphatic heterocycles. The van der Waals surface area contributed by atoms with Crippen LogP contribution in [0.1, 0.15) is 80.2 Å². The molecule has 0 bridgehead atoms. The van der Waals surface area contributed by atoms with E-state index in [1.807, 2.05) is 13.8 Å². The van der Waals surface area contributed by atoms with E-state index in [0.29, 0.717) is 13.0 Å². The van der Waals surface area contributed by atoms with Gasteiger partial charge in [-0.2, -0.15) is 5.06 Å². The largest absolute Gasteiger partial charge is 0.461 e. The molecule has 12 nitrogen and oxygen atoms in total. The third-order valence-corrected chi connectivity index (χ3v) is 6.23. The summed E-state index contributed by atoms with van der Waals surface area (Å²) in [5.41, 5.74) is 0.0628. The Morgan fingerprint density at radius 2 is 1.80 bits per heavy atom. The molecular weight excluding hydrogens is 542 g/mol. The highest BCUT2D eigenvalue weighted by molar-refractivity contribution is 7.11. The van der Waals surface area contributed by atoms with Crippen LogP contribution in [-0.2, 0) is 25.7 Å². The van der Waals surface area contributed by atoms with E-state index in [1.165, 1.54) is 17.5 Å². The number of carbonyl (C=O) groups is 3. The van der Waals surface area contributed by atoms with Gasteiger partial charge in [0.05, 0.1) is 30.8 Å². The van der Waals surface area contributed by atoms with Crippen molar-refractivity contribution in [3.05, 3.63) is 56.0 Å². The third-order valence-electron chi connectivity index (χ3n) is 5.35. The molecule has 1 heterocycles. The fourth-order valence-corrected chi connectivity index (χ4v) is 4.12. The highest BCUT2D eigenvalue weighted by Gasteiger charge is 2.34. The molecule has 0 saturated heterocycles. The molecule has 1 atom stereocenters. The number of ether oxygens (including phenoxy) is 3. The van der Waals surface area contributed by atoms with Crippen LogP contribution in [0.4, 0.5) is 10.5 Å². The van der Waals surface area contributed by atoms with Crippen molar-refractivity contribution in [2.45, 2.75) is 72.6 Å². The minimum atomic E-state index is -0.790. The average Bonchev–Trinajstić information content (AvgIpc) is 3.37. The minimum absolute atomic E-state index is 0.00636. The summed E-state index contributed by atoms with van der Waals surface area (Å²) in [6.45, 7) is 11.5. The van der Waals surface area contributed by atoms with E-state index in [2.05, 4.69) is 4.98 Å². The van der Waals surface area contributed by atoms with Crippen LogP contribution in [0, 0.1) is 16.0 Å². The Labute approximate surface area is 237 Å². The van der Waals surface area contributed by atoms with E-state index < -0.39 is 28.6 Å². The molecule has 0 aliphatic carbocycles. The Hall–Kier alpha value is -3.42. The first-order valence-electron chi connectivity index (χ1n) is 12.9. The number of hydrogen-bond donors (Lipinski definition) is 0. The molecule has 0 fully saturated rings. The predicted molar refractivity (Wildman–Crippen MR) is 147 cm³/mol. The van der Waals surface area contributed by atoms with Gasteiger partial charge in [0.15, 0.2) is 16.5 Å². The smallest absolute Gasteiger partial charge is 0.434 e. The van der Waals surface area contributed by atoms with E-state index in [4.69, 9.17) is 19.0 Å². The molecule has 40 heavy (non-hydrogen) atoms. The van der Waals surface area contributed by atoms with Crippen LogP contribution in [0.3, 0.4) is 0 Å². The van der Waals surface area contributed by atoms with Crippen molar-refractivity contribution in [3.8, 4) is 0 Å². The van der Waals surface area contributed by atoms with Gasteiger partial charge in [0.2, 0.25) is 0 Å². The quantitative estimate of drug-likeness (QED) is 0.0858.